The highest BCUT2D eigenvalue weighted by Gasteiger charge is 2.47. The molecule has 0 spiro atoms. The molecule has 1 N–H and O–H groups in total. The zero-order chi connectivity index (χ0) is 24.7. The topological polar surface area (TPSA) is 79.4 Å². The Balaban J connectivity index is 1.45. The van der Waals surface area contributed by atoms with E-state index in [4.69, 9.17) is 11.6 Å². The van der Waals surface area contributed by atoms with E-state index in [0.29, 0.717) is 15.6 Å². The normalized spacial score (nSPS) is 21.0. The van der Waals surface area contributed by atoms with E-state index in [1.54, 1.807) is 0 Å². The fraction of sp³-hybridized carbons (Fsp3) is 0.478. The number of carbonyl (C=O) groups is 1. The number of carbonyl (C=O) groups excluding carboxylic acids is 1. The summed E-state index contributed by atoms with van der Waals surface area (Å²) in [6.45, 7) is 0. The molecule has 1 aromatic heterocycles. The van der Waals surface area contributed by atoms with Gasteiger partial charge in [0.05, 0.1) is 29.1 Å². The van der Waals surface area contributed by atoms with Crippen molar-refractivity contribution in [1.82, 2.24) is 9.88 Å². The summed E-state index contributed by atoms with van der Waals surface area (Å²) in [6, 6.07) is 6.39. The van der Waals surface area contributed by atoms with Crippen molar-refractivity contribution in [2.45, 2.75) is 43.9 Å². The number of sulfone groups is 1. The molecule has 1 aliphatic heterocycles. The van der Waals surface area contributed by atoms with Crippen LogP contribution in [0.5, 0.6) is 0 Å². The lowest BCUT2D eigenvalue weighted by Gasteiger charge is -2.33. The molecule has 2 heterocycles. The summed E-state index contributed by atoms with van der Waals surface area (Å²) in [4.78, 5) is 17.5. The van der Waals surface area contributed by atoms with Crippen LogP contribution in [0.25, 0.3) is 0 Å². The van der Waals surface area contributed by atoms with Gasteiger partial charge in [-0.15, -0.1) is 0 Å². The first kappa shape index (κ1) is 24.8. The van der Waals surface area contributed by atoms with Gasteiger partial charge in [-0.2, -0.15) is 13.2 Å². The maximum atomic E-state index is 14.0. The molecule has 34 heavy (non-hydrogen) atoms. The van der Waals surface area contributed by atoms with Crippen LogP contribution in [0.4, 0.5) is 18.9 Å². The van der Waals surface area contributed by atoms with Crippen molar-refractivity contribution in [2.75, 3.05) is 23.9 Å². The number of fused-ring (bicyclic) bond motifs is 1. The van der Waals surface area contributed by atoms with Crippen LogP contribution in [-0.4, -0.2) is 55.0 Å². The van der Waals surface area contributed by atoms with Crippen molar-refractivity contribution in [3.05, 3.63) is 58.4 Å². The third-order valence-corrected chi connectivity index (χ3v) is 8.44. The van der Waals surface area contributed by atoms with Crippen LogP contribution < -0.4 is 5.32 Å². The highest BCUT2D eigenvalue weighted by Crippen LogP contribution is 2.38. The summed E-state index contributed by atoms with van der Waals surface area (Å²) in [6.07, 6.45) is -1.82. The van der Waals surface area contributed by atoms with E-state index in [0.717, 1.165) is 25.5 Å². The number of pyridine rings is 1. The quantitative estimate of drug-likeness (QED) is 0.645. The van der Waals surface area contributed by atoms with Crippen molar-refractivity contribution in [3.63, 3.8) is 0 Å². The zero-order valence-electron chi connectivity index (χ0n) is 18.5. The summed E-state index contributed by atoms with van der Waals surface area (Å²) < 4.78 is 65.1. The van der Waals surface area contributed by atoms with Gasteiger partial charge >= 0.3 is 6.18 Å². The van der Waals surface area contributed by atoms with Gasteiger partial charge in [0.15, 0.2) is 6.04 Å². The third kappa shape index (κ3) is 5.49. The van der Waals surface area contributed by atoms with Crippen LogP contribution in [0.1, 0.15) is 35.7 Å². The molecule has 1 amide bonds. The largest absolute Gasteiger partial charge is 0.414 e. The van der Waals surface area contributed by atoms with Crippen LogP contribution in [0, 0.1) is 5.92 Å². The predicted octanol–water partition coefficient (Wildman–Crippen LogP) is 4.20. The molecule has 4 rings (SSSR count). The minimum atomic E-state index is -4.74. The van der Waals surface area contributed by atoms with Crippen molar-refractivity contribution in [1.29, 1.82) is 0 Å². The second kappa shape index (κ2) is 9.37. The lowest BCUT2D eigenvalue weighted by molar-refractivity contribution is -0.191. The van der Waals surface area contributed by atoms with Crippen molar-refractivity contribution in [2.24, 2.45) is 5.92 Å². The number of alkyl halides is 3. The SMILES string of the molecule is CN(C(=O)C1CCS(=O)(=O)CC1)[C@@H](c1ccc(N[C@H]2Cc3ccc(Cl)cc3C2)cn1)C(F)(F)F. The van der Waals surface area contributed by atoms with Gasteiger partial charge in [0.25, 0.3) is 0 Å². The second-order valence-electron chi connectivity index (χ2n) is 8.95. The number of aromatic nitrogens is 1. The predicted molar refractivity (Wildman–Crippen MR) is 123 cm³/mol. The van der Waals surface area contributed by atoms with Gasteiger partial charge in [-0.05, 0) is 61.1 Å². The Kier molecular flexibility index (Phi) is 6.83. The van der Waals surface area contributed by atoms with Gasteiger partial charge < -0.3 is 10.2 Å². The molecule has 11 heteroatoms. The Hall–Kier alpha value is -2.33. The second-order valence-corrected chi connectivity index (χ2v) is 11.7. The molecule has 2 aliphatic rings. The van der Waals surface area contributed by atoms with Crippen LogP contribution in [-0.2, 0) is 27.5 Å². The maximum Gasteiger partial charge on any atom is 0.414 e. The van der Waals surface area contributed by atoms with Gasteiger partial charge in [0.2, 0.25) is 5.91 Å². The number of nitrogens with one attached hydrogen (secondary N) is 1. The summed E-state index contributed by atoms with van der Waals surface area (Å²) >= 11 is 6.05. The maximum absolute atomic E-state index is 14.0. The van der Waals surface area contributed by atoms with Crippen LogP contribution in [0.2, 0.25) is 5.02 Å². The first-order chi connectivity index (χ1) is 15.9. The number of hydrogen-bond donors (Lipinski definition) is 1. The first-order valence-electron chi connectivity index (χ1n) is 11.0. The number of nitrogens with zero attached hydrogens (tertiary/aromatic N) is 2. The number of hydrogen-bond acceptors (Lipinski definition) is 5. The van der Waals surface area contributed by atoms with Crippen molar-refractivity contribution < 1.29 is 26.4 Å². The molecule has 0 bridgehead atoms. The van der Waals surface area contributed by atoms with E-state index < -0.39 is 33.9 Å². The van der Waals surface area contributed by atoms with E-state index in [1.807, 2.05) is 18.2 Å². The standard InChI is InChI=1S/C23H25ClF3N3O3S/c1-30(22(31)14-6-8-34(32,33)9-7-14)21(23(25,26)27)20-5-4-18(13-28-20)29-19-11-15-2-3-17(24)10-16(15)12-19/h2-5,10,13-14,19,21,29H,6-9,11-12H2,1H3/t19-,21-/m0/s1. The number of halogens is 4. The van der Waals surface area contributed by atoms with E-state index in [1.165, 1.54) is 23.9 Å². The van der Waals surface area contributed by atoms with E-state index in [2.05, 4.69) is 10.3 Å². The molecule has 0 unspecified atom stereocenters. The molecule has 1 saturated heterocycles. The lowest BCUT2D eigenvalue weighted by Crippen LogP contribution is -2.44. The monoisotopic (exact) mass is 515 g/mol. The average molecular weight is 516 g/mol. The van der Waals surface area contributed by atoms with E-state index in [-0.39, 0.29) is 36.1 Å². The first-order valence-corrected chi connectivity index (χ1v) is 13.2. The zero-order valence-corrected chi connectivity index (χ0v) is 20.1. The summed E-state index contributed by atoms with van der Waals surface area (Å²) in [5.41, 5.74) is 2.61. The van der Waals surface area contributed by atoms with Gasteiger partial charge in [-0.1, -0.05) is 17.7 Å². The molecule has 6 nitrogen and oxygen atoms in total. The molecule has 1 aliphatic carbocycles. The van der Waals surface area contributed by atoms with E-state index >= 15 is 0 Å². The highest BCUT2D eigenvalue weighted by atomic mass is 35.5. The number of amides is 1. The molecule has 0 radical (unpaired) electrons. The minimum absolute atomic E-state index is 0.0291. The van der Waals surface area contributed by atoms with Gasteiger partial charge in [0, 0.05) is 24.0 Å². The summed E-state index contributed by atoms with van der Waals surface area (Å²) in [5, 5.41) is 3.96. The Morgan fingerprint density at radius 2 is 1.82 bits per heavy atom. The molecule has 1 fully saturated rings. The van der Waals surface area contributed by atoms with Gasteiger partial charge in [-0.25, -0.2) is 8.42 Å². The molecule has 2 atom stereocenters. The number of rotatable bonds is 5. The molecular formula is C23H25ClF3N3O3S. The Morgan fingerprint density at radius 1 is 1.15 bits per heavy atom. The Morgan fingerprint density at radius 3 is 2.44 bits per heavy atom. The molecule has 2 aromatic rings. The summed E-state index contributed by atoms with van der Waals surface area (Å²) in [5.74, 6) is -1.85. The smallest absolute Gasteiger partial charge is 0.380 e. The van der Waals surface area contributed by atoms with Crippen molar-refractivity contribution >= 4 is 33.0 Å². The molecule has 0 saturated carbocycles. The third-order valence-electron chi connectivity index (χ3n) is 6.49. The Labute approximate surface area is 201 Å². The van der Waals surface area contributed by atoms with Crippen LogP contribution in [0.15, 0.2) is 36.5 Å². The molecule has 184 valence electrons. The Bertz CT molecular complexity index is 1160. The van der Waals surface area contributed by atoms with Gasteiger partial charge in [0.1, 0.15) is 9.84 Å². The highest BCUT2D eigenvalue weighted by molar-refractivity contribution is 7.91. The average Bonchev–Trinajstić information content (AvgIpc) is 3.15. The van der Waals surface area contributed by atoms with Crippen LogP contribution >= 0.6 is 11.6 Å². The van der Waals surface area contributed by atoms with Crippen molar-refractivity contribution in [3.8, 4) is 0 Å². The summed E-state index contributed by atoms with van der Waals surface area (Å²) in [7, 11) is -2.13. The molecule has 1 aromatic carbocycles. The number of benzene rings is 1. The number of anilines is 1. The lowest BCUT2D eigenvalue weighted by atomic mass is 9.99. The van der Waals surface area contributed by atoms with Crippen LogP contribution in [0.3, 0.4) is 0 Å². The fourth-order valence-electron chi connectivity index (χ4n) is 4.71. The fourth-order valence-corrected chi connectivity index (χ4v) is 6.40. The minimum Gasteiger partial charge on any atom is -0.380 e. The van der Waals surface area contributed by atoms with Gasteiger partial charge in [-0.3, -0.25) is 9.78 Å². The molecular weight excluding hydrogens is 491 g/mol. The van der Waals surface area contributed by atoms with E-state index in [9.17, 15) is 26.4 Å².